The van der Waals surface area contributed by atoms with E-state index in [1.165, 1.54) is 0 Å². The topological polar surface area (TPSA) is 84.2 Å². The number of likely N-dealkylation sites (tertiary alicyclic amines) is 1. The van der Waals surface area contributed by atoms with Gasteiger partial charge in [0.15, 0.2) is 0 Å². The zero-order valence-electron chi connectivity index (χ0n) is 15.1. The molecule has 8 heteroatoms. The van der Waals surface area contributed by atoms with E-state index in [0.29, 0.717) is 24.9 Å². The highest BCUT2D eigenvalue weighted by molar-refractivity contribution is 7.07. The van der Waals surface area contributed by atoms with E-state index in [2.05, 4.69) is 25.4 Å². The van der Waals surface area contributed by atoms with Crippen molar-refractivity contribution in [2.24, 2.45) is 5.92 Å². The Morgan fingerprint density at radius 3 is 2.89 bits per heavy atom. The summed E-state index contributed by atoms with van der Waals surface area (Å²) in [5.74, 6) is 1.19. The van der Waals surface area contributed by atoms with Gasteiger partial charge in [-0.2, -0.15) is 0 Å². The normalized spacial score (nSPS) is 17.7. The lowest BCUT2D eigenvalue weighted by Gasteiger charge is -2.30. The number of amides is 1. The van der Waals surface area contributed by atoms with Gasteiger partial charge in [0, 0.05) is 30.1 Å². The average molecular weight is 383 g/mol. The Hall–Kier alpha value is -2.58. The van der Waals surface area contributed by atoms with E-state index in [-0.39, 0.29) is 11.8 Å². The van der Waals surface area contributed by atoms with Gasteiger partial charge in [0.25, 0.3) is 0 Å². The van der Waals surface area contributed by atoms with Crippen LogP contribution < -0.4 is 5.32 Å². The van der Waals surface area contributed by atoms with Gasteiger partial charge in [-0.3, -0.25) is 9.69 Å². The number of benzene rings is 1. The maximum atomic E-state index is 12.7. The molecule has 0 spiro atoms. The molecule has 1 amide bonds. The van der Waals surface area contributed by atoms with E-state index in [1.54, 1.807) is 18.3 Å². The van der Waals surface area contributed by atoms with Crippen molar-refractivity contribution in [3.05, 3.63) is 46.9 Å². The number of piperidine rings is 1. The van der Waals surface area contributed by atoms with E-state index >= 15 is 0 Å². The number of hydrogen-bond donors (Lipinski definition) is 1. The van der Waals surface area contributed by atoms with E-state index in [9.17, 15) is 4.79 Å². The van der Waals surface area contributed by atoms with Crippen LogP contribution in [0.2, 0.25) is 0 Å². The molecule has 7 nitrogen and oxygen atoms in total. The largest absolute Gasteiger partial charge is 0.424 e. The second-order valence-electron chi connectivity index (χ2n) is 6.73. The molecule has 0 aliphatic carbocycles. The third-order valence-electron chi connectivity index (χ3n) is 4.68. The predicted molar refractivity (Wildman–Crippen MR) is 103 cm³/mol. The minimum Gasteiger partial charge on any atom is -0.424 e. The van der Waals surface area contributed by atoms with Gasteiger partial charge in [-0.15, -0.1) is 21.5 Å². The first-order valence-electron chi connectivity index (χ1n) is 8.98. The summed E-state index contributed by atoms with van der Waals surface area (Å²) in [5, 5.41) is 13.0. The van der Waals surface area contributed by atoms with Crippen LogP contribution in [-0.4, -0.2) is 39.1 Å². The summed E-state index contributed by atoms with van der Waals surface area (Å²) in [7, 11) is 0. The molecule has 2 aromatic heterocycles. The van der Waals surface area contributed by atoms with Crippen molar-refractivity contribution in [3.63, 3.8) is 0 Å². The minimum atomic E-state index is -0.0408. The van der Waals surface area contributed by atoms with Crippen LogP contribution in [0.5, 0.6) is 0 Å². The summed E-state index contributed by atoms with van der Waals surface area (Å²) in [5.41, 5.74) is 4.63. The smallest absolute Gasteiger partial charge is 0.230 e. The molecule has 1 saturated heterocycles. The zero-order valence-corrected chi connectivity index (χ0v) is 15.9. The number of nitrogens with zero attached hydrogens (tertiary/aromatic N) is 4. The van der Waals surface area contributed by atoms with Crippen LogP contribution >= 0.6 is 11.3 Å². The molecule has 4 rings (SSSR count). The molecule has 1 aliphatic rings. The molecule has 1 N–H and O–H groups in total. The number of rotatable bonds is 5. The molecule has 0 bridgehead atoms. The van der Waals surface area contributed by atoms with E-state index in [4.69, 9.17) is 4.42 Å². The molecule has 0 unspecified atom stereocenters. The molecule has 1 atom stereocenters. The fraction of sp³-hybridized carbons (Fsp3) is 0.368. The average Bonchev–Trinajstić information content (AvgIpc) is 3.35. The Labute approximate surface area is 161 Å². The molecular weight excluding hydrogens is 362 g/mol. The van der Waals surface area contributed by atoms with Gasteiger partial charge in [-0.1, -0.05) is 12.1 Å². The highest BCUT2D eigenvalue weighted by atomic mass is 32.1. The Balaban J connectivity index is 1.34. The molecule has 1 fully saturated rings. The maximum Gasteiger partial charge on any atom is 0.230 e. The van der Waals surface area contributed by atoms with E-state index < -0.39 is 0 Å². The van der Waals surface area contributed by atoms with Crippen molar-refractivity contribution in [2.75, 3.05) is 18.4 Å². The molecule has 1 aliphatic heterocycles. The second-order valence-corrected chi connectivity index (χ2v) is 7.45. The van der Waals surface area contributed by atoms with Crippen LogP contribution in [0.15, 0.2) is 39.6 Å². The van der Waals surface area contributed by atoms with Crippen LogP contribution in [0.4, 0.5) is 5.69 Å². The molecule has 140 valence electrons. The van der Waals surface area contributed by atoms with Crippen molar-refractivity contribution in [1.29, 1.82) is 0 Å². The van der Waals surface area contributed by atoms with Gasteiger partial charge in [-0.05, 0) is 31.5 Å². The van der Waals surface area contributed by atoms with Gasteiger partial charge in [0.2, 0.25) is 17.7 Å². The Bertz CT molecular complexity index is 891. The first-order valence-corrected chi connectivity index (χ1v) is 9.92. The monoisotopic (exact) mass is 383 g/mol. The number of aromatic nitrogens is 3. The molecule has 0 saturated carbocycles. The van der Waals surface area contributed by atoms with E-state index in [1.807, 2.05) is 35.2 Å². The lowest BCUT2D eigenvalue weighted by atomic mass is 9.97. The summed E-state index contributed by atoms with van der Waals surface area (Å²) < 4.78 is 5.45. The minimum absolute atomic E-state index is 0.0408. The third kappa shape index (κ3) is 4.40. The van der Waals surface area contributed by atoms with Crippen molar-refractivity contribution < 1.29 is 9.21 Å². The number of aryl methyl sites for hydroxylation is 1. The number of carbonyl (C=O) groups excluding carboxylic acids is 1. The highest BCUT2D eigenvalue weighted by Gasteiger charge is 2.26. The van der Waals surface area contributed by atoms with E-state index in [0.717, 1.165) is 36.3 Å². The quantitative estimate of drug-likeness (QED) is 0.727. The second kappa shape index (κ2) is 7.98. The van der Waals surface area contributed by atoms with Gasteiger partial charge in [0.1, 0.15) is 0 Å². The van der Waals surface area contributed by atoms with Gasteiger partial charge < -0.3 is 9.73 Å². The highest BCUT2D eigenvalue weighted by Crippen LogP contribution is 2.23. The van der Waals surface area contributed by atoms with Crippen LogP contribution in [-0.2, 0) is 11.3 Å². The molecule has 3 aromatic rings. The van der Waals surface area contributed by atoms with Crippen LogP contribution in [0.25, 0.3) is 11.3 Å². The number of thiazole rings is 1. The Morgan fingerprint density at radius 1 is 1.33 bits per heavy atom. The number of carbonyl (C=O) groups is 1. The number of anilines is 1. The van der Waals surface area contributed by atoms with Crippen molar-refractivity contribution in [2.45, 2.75) is 26.3 Å². The first kappa shape index (κ1) is 17.8. The lowest BCUT2D eigenvalue weighted by molar-refractivity contribution is -0.121. The fourth-order valence-electron chi connectivity index (χ4n) is 3.33. The van der Waals surface area contributed by atoms with Crippen LogP contribution in [0, 0.1) is 12.8 Å². The van der Waals surface area contributed by atoms with Gasteiger partial charge >= 0.3 is 0 Å². The molecule has 1 aromatic carbocycles. The van der Waals surface area contributed by atoms with Crippen molar-refractivity contribution in [3.8, 4) is 11.3 Å². The lowest BCUT2D eigenvalue weighted by Crippen LogP contribution is -2.40. The van der Waals surface area contributed by atoms with Crippen LogP contribution in [0.1, 0.15) is 24.6 Å². The van der Waals surface area contributed by atoms with Gasteiger partial charge in [0.05, 0.1) is 23.7 Å². The van der Waals surface area contributed by atoms with Crippen molar-refractivity contribution >= 4 is 22.9 Å². The summed E-state index contributed by atoms with van der Waals surface area (Å²) in [6.07, 6.45) is 1.87. The van der Waals surface area contributed by atoms with Gasteiger partial charge in [-0.25, -0.2) is 4.98 Å². The summed E-state index contributed by atoms with van der Waals surface area (Å²) in [6, 6.07) is 7.81. The third-order valence-corrected chi connectivity index (χ3v) is 5.27. The number of hydrogen-bond acceptors (Lipinski definition) is 7. The summed E-state index contributed by atoms with van der Waals surface area (Å²) in [6.45, 7) is 4.01. The first-order chi connectivity index (χ1) is 13.2. The fourth-order valence-corrected chi connectivity index (χ4v) is 3.89. The Morgan fingerprint density at radius 2 is 2.19 bits per heavy atom. The standard InChI is InChI=1S/C19H21N5O2S/c1-13-22-23-18(26-13)10-24-8-2-3-15(9-24)19(25)21-16-6-4-14(5-7-16)17-11-27-12-20-17/h4-7,11-12,15H,2-3,8-10H2,1H3,(H,21,25)/t15-/m1/s1. The molecule has 27 heavy (non-hydrogen) atoms. The molecular formula is C19H21N5O2S. The van der Waals surface area contributed by atoms with Crippen LogP contribution in [0.3, 0.4) is 0 Å². The summed E-state index contributed by atoms with van der Waals surface area (Å²) in [4.78, 5) is 19.2. The zero-order chi connectivity index (χ0) is 18.6. The molecule has 3 heterocycles. The SMILES string of the molecule is Cc1nnc(CN2CCC[C@@H](C(=O)Nc3ccc(-c4cscn4)cc3)C2)o1. The molecule has 0 radical (unpaired) electrons. The number of nitrogens with one attached hydrogen (secondary N) is 1. The van der Waals surface area contributed by atoms with Crippen molar-refractivity contribution in [1.82, 2.24) is 20.1 Å². The Kier molecular flexibility index (Phi) is 5.26. The summed E-state index contributed by atoms with van der Waals surface area (Å²) >= 11 is 1.57. The maximum absolute atomic E-state index is 12.7. The predicted octanol–water partition coefficient (Wildman–Crippen LogP) is 3.35.